The number of benzene rings is 1. The fourth-order valence-corrected chi connectivity index (χ4v) is 3.53. The summed E-state index contributed by atoms with van der Waals surface area (Å²) in [4.78, 5) is 2.51. The molecule has 1 aromatic rings. The molecule has 18 heavy (non-hydrogen) atoms. The number of likely N-dealkylation sites (tertiary alicyclic amines) is 1. The molecule has 0 radical (unpaired) electrons. The van der Waals surface area contributed by atoms with Crippen LogP contribution in [0.15, 0.2) is 18.2 Å². The number of nitrogens with zero attached hydrogens (tertiary/aromatic N) is 1. The van der Waals surface area contributed by atoms with Crippen molar-refractivity contribution < 1.29 is 0 Å². The van der Waals surface area contributed by atoms with Gasteiger partial charge in [-0.1, -0.05) is 25.1 Å². The van der Waals surface area contributed by atoms with Gasteiger partial charge in [-0.3, -0.25) is 4.90 Å². The number of hydrogen-bond donors (Lipinski definition) is 0. The first-order valence-corrected chi connectivity index (χ1v) is 7.63. The predicted molar refractivity (Wildman–Crippen MR) is 77.2 cm³/mol. The van der Waals surface area contributed by atoms with Crippen molar-refractivity contribution >= 4 is 11.6 Å². The largest absolute Gasteiger partial charge is 0.298 e. The Balaban J connectivity index is 1.66. The lowest BCUT2D eigenvalue weighted by Crippen LogP contribution is -2.39. The first-order chi connectivity index (χ1) is 8.72. The highest BCUT2D eigenvalue weighted by Crippen LogP contribution is 2.26. The Hall–Kier alpha value is -0.530. The van der Waals surface area contributed by atoms with E-state index in [1.54, 1.807) is 11.1 Å². The fourth-order valence-electron chi connectivity index (χ4n) is 3.21. The van der Waals surface area contributed by atoms with Crippen molar-refractivity contribution in [1.82, 2.24) is 4.90 Å². The van der Waals surface area contributed by atoms with E-state index in [9.17, 15) is 0 Å². The number of alkyl halides is 1. The lowest BCUT2D eigenvalue weighted by Gasteiger charge is -2.34. The molecule has 0 amide bonds. The van der Waals surface area contributed by atoms with Crippen molar-refractivity contribution in [3.8, 4) is 0 Å². The minimum atomic E-state index is 0.327. The molecule has 2 aliphatic rings. The quantitative estimate of drug-likeness (QED) is 0.737. The number of fused-ring (bicyclic) bond motifs is 1. The lowest BCUT2D eigenvalue weighted by molar-refractivity contribution is 0.189. The third-order valence-corrected chi connectivity index (χ3v) is 5.09. The van der Waals surface area contributed by atoms with Crippen LogP contribution in [-0.2, 0) is 19.4 Å². The van der Waals surface area contributed by atoms with Crippen LogP contribution in [0.1, 0.15) is 36.5 Å². The SMILES string of the molecule is CC1CCN(Cc2ccc3c(c2)CCC3)CC1Cl. The van der Waals surface area contributed by atoms with Crippen LogP contribution in [-0.4, -0.2) is 23.4 Å². The summed E-state index contributed by atoms with van der Waals surface area (Å²) in [6, 6.07) is 7.07. The van der Waals surface area contributed by atoms with E-state index in [1.807, 2.05) is 0 Å². The molecular formula is C16H22ClN. The topological polar surface area (TPSA) is 3.24 Å². The van der Waals surface area contributed by atoms with Gasteiger partial charge in [0.15, 0.2) is 0 Å². The highest BCUT2D eigenvalue weighted by atomic mass is 35.5. The molecule has 1 saturated heterocycles. The lowest BCUT2D eigenvalue weighted by atomic mass is 9.98. The number of rotatable bonds is 2. The van der Waals surface area contributed by atoms with Gasteiger partial charge in [0.25, 0.3) is 0 Å². The van der Waals surface area contributed by atoms with E-state index in [2.05, 4.69) is 30.0 Å². The molecule has 1 aromatic carbocycles. The molecule has 1 heterocycles. The Kier molecular flexibility index (Phi) is 3.63. The Morgan fingerprint density at radius 1 is 1.28 bits per heavy atom. The molecule has 2 heteroatoms. The molecule has 1 fully saturated rings. The monoisotopic (exact) mass is 263 g/mol. The molecule has 1 aliphatic heterocycles. The van der Waals surface area contributed by atoms with E-state index in [0.717, 1.165) is 13.1 Å². The van der Waals surface area contributed by atoms with Gasteiger partial charge in [0, 0.05) is 18.5 Å². The van der Waals surface area contributed by atoms with Crippen molar-refractivity contribution in [1.29, 1.82) is 0 Å². The summed E-state index contributed by atoms with van der Waals surface area (Å²) in [5.41, 5.74) is 4.62. The van der Waals surface area contributed by atoms with E-state index in [-0.39, 0.29) is 0 Å². The van der Waals surface area contributed by atoms with Gasteiger partial charge >= 0.3 is 0 Å². The van der Waals surface area contributed by atoms with Crippen molar-refractivity contribution in [3.05, 3.63) is 34.9 Å². The summed E-state index contributed by atoms with van der Waals surface area (Å²) < 4.78 is 0. The second-order valence-corrected chi connectivity index (χ2v) is 6.53. The minimum absolute atomic E-state index is 0.327. The molecule has 0 bridgehead atoms. The van der Waals surface area contributed by atoms with E-state index in [0.29, 0.717) is 11.3 Å². The zero-order valence-electron chi connectivity index (χ0n) is 11.2. The molecule has 0 spiro atoms. The second kappa shape index (κ2) is 5.22. The maximum Gasteiger partial charge on any atom is 0.0489 e. The van der Waals surface area contributed by atoms with Crippen molar-refractivity contribution in [2.45, 2.75) is 44.5 Å². The van der Waals surface area contributed by atoms with E-state index in [4.69, 9.17) is 11.6 Å². The van der Waals surface area contributed by atoms with Crippen LogP contribution < -0.4 is 0 Å². The minimum Gasteiger partial charge on any atom is -0.298 e. The van der Waals surface area contributed by atoms with Crippen LogP contribution in [0.3, 0.4) is 0 Å². The standard InChI is InChI=1S/C16H22ClN/c1-12-7-8-18(11-16(12)17)10-13-5-6-14-3-2-4-15(14)9-13/h5-6,9,12,16H,2-4,7-8,10-11H2,1H3. The summed E-state index contributed by atoms with van der Waals surface area (Å²) in [7, 11) is 0. The van der Waals surface area contributed by atoms with Crippen LogP contribution in [0, 0.1) is 5.92 Å². The molecule has 0 N–H and O–H groups in total. The van der Waals surface area contributed by atoms with Crippen LogP contribution in [0.4, 0.5) is 0 Å². The third-order valence-electron chi connectivity index (χ3n) is 4.52. The van der Waals surface area contributed by atoms with Gasteiger partial charge in [0.1, 0.15) is 0 Å². The normalized spacial score (nSPS) is 28.3. The van der Waals surface area contributed by atoms with Crippen molar-refractivity contribution in [3.63, 3.8) is 0 Å². The Morgan fingerprint density at radius 2 is 2.11 bits per heavy atom. The molecule has 0 aromatic heterocycles. The Labute approximate surface area is 115 Å². The fraction of sp³-hybridized carbons (Fsp3) is 0.625. The molecule has 2 unspecified atom stereocenters. The molecule has 2 atom stereocenters. The maximum atomic E-state index is 6.38. The summed E-state index contributed by atoms with van der Waals surface area (Å²) in [6.45, 7) is 5.58. The summed E-state index contributed by atoms with van der Waals surface area (Å²) in [6.07, 6.45) is 5.13. The van der Waals surface area contributed by atoms with Gasteiger partial charge in [0.05, 0.1) is 0 Å². The van der Waals surface area contributed by atoms with Gasteiger partial charge in [-0.25, -0.2) is 0 Å². The van der Waals surface area contributed by atoms with E-state index >= 15 is 0 Å². The number of hydrogen-bond acceptors (Lipinski definition) is 1. The van der Waals surface area contributed by atoms with Crippen molar-refractivity contribution in [2.24, 2.45) is 5.92 Å². The molecule has 1 aliphatic carbocycles. The molecule has 0 saturated carbocycles. The average molecular weight is 264 g/mol. The zero-order chi connectivity index (χ0) is 12.5. The summed E-state index contributed by atoms with van der Waals surface area (Å²) in [5.74, 6) is 0.669. The van der Waals surface area contributed by atoms with Crippen LogP contribution >= 0.6 is 11.6 Å². The third kappa shape index (κ3) is 2.57. The molecule has 98 valence electrons. The number of halogens is 1. The average Bonchev–Trinajstić information content (AvgIpc) is 2.81. The first-order valence-electron chi connectivity index (χ1n) is 7.19. The van der Waals surface area contributed by atoms with E-state index < -0.39 is 0 Å². The van der Waals surface area contributed by atoms with Gasteiger partial charge in [0.2, 0.25) is 0 Å². The number of piperidine rings is 1. The predicted octanol–water partition coefficient (Wildman–Crippen LogP) is 3.62. The van der Waals surface area contributed by atoms with Crippen LogP contribution in [0.2, 0.25) is 0 Å². The Morgan fingerprint density at radius 3 is 2.94 bits per heavy atom. The van der Waals surface area contributed by atoms with Crippen LogP contribution in [0.25, 0.3) is 0 Å². The van der Waals surface area contributed by atoms with Crippen LogP contribution in [0.5, 0.6) is 0 Å². The highest BCUT2D eigenvalue weighted by Gasteiger charge is 2.24. The van der Waals surface area contributed by atoms with Crippen molar-refractivity contribution in [2.75, 3.05) is 13.1 Å². The zero-order valence-corrected chi connectivity index (χ0v) is 11.9. The Bertz CT molecular complexity index is 429. The number of aryl methyl sites for hydroxylation is 2. The summed E-state index contributed by atoms with van der Waals surface area (Å²) in [5, 5.41) is 0.327. The smallest absolute Gasteiger partial charge is 0.0489 e. The van der Waals surface area contributed by atoms with Gasteiger partial charge in [-0.15, -0.1) is 11.6 Å². The first kappa shape index (κ1) is 12.5. The highest BCUT2D eigenvalue weighted by molar-refractivity contribution is 6.21. The molecule has 1 nitrogen and oxygen atoms in total. The van der Waals surface area contributed by atoms with Gasteiger partial charge < -0.3 is 0 Å². The second-order valence-electron chi connectivity index (χ2n) is 5.97. The summed E-state index contributed by atoms with van der Waals surface area (Å²) >= 11 is 6.38. The molecule has 3 rings (SSSR count). The van der Waals surface area contributed by atoms with Gasteiger partial charge in [-0.05, 0) is 54.8 Å². The molecular weight excluding hydrogens is 242 g/mol. The van der Waals surface area contributed by atoms with Gasteiger partial charge in [-0.2, -0.15) is 0 Å². The maximum absolute atomic E-state index is 6.38. The van der Waals surface area contributed by atoms with E-state index in [1.165, 1.54) is 37.8 Å².